The van der Waals surface area contributed by atoms with Gasteiger partial charge in [-0.2, -0.15) is 16.7 Å². The van der Waals surface area contributed by atoms with E-state index >= 15 is 0 Å². The maximum absolute atomic E-state index is 13.6. The molecule has 33 heavy (non-hydrogen) atoms. The average Bonchev–Trinajstić information content (AvgIpc) is 3.33. The van der Waals surface area contributed by atoms with Crippen molar-refractivity contribution in [3.05, 3.63) is 59.5 Å². The molecule has 1 aliphatic heterocycles. The summed E-state index contributed by atoms with van der Waals surface area (Å²) >= 11 is 1.88. The lowest BCUT2D eigenvalue weighted by atomic mass is 9.98. The molecule has 1 saturated heterocycles. The first-order chi connectivity index (χ1) is 15.9. The van der Waals surface area contributed by atoms with Gasteiger partial charge in [-0.05, 0) is 80.5 Å². The highest BCUT2D eigenvalue weighted by Crippen LogP contribution is 2.31. The fraction of sp³-hybridized carbons (Fsp3) is 0.360. The van der Waals surface area contributed by atoms with Gasteiger partial charge in [0.1, 0.15) is 6.54 Å². The second kappa shape index (κ2) is 10.2. The maximum Gasteiger partial charge on any atom is 0.244 e. The Labute approximate surface area is 197 Å². The molecule has 7 nitrogen and oxygen atoms in total. The molecule has 2 amide bonds. The van der Waals surface area contributed by atoms with Crippen LogP contribution in [0.2, 0.25) is 0 Å². The number of thioether (sulfide) groups is 1. The number of aryl methyl sites for hydroxylation is 3. The van der Waals surface area contributed by atoms with Gasteiger partial charge in [-0.15, -0.1) is 0 Å². The van der Waals surface area contributed by atoms with E-state index in [-0.39, 0.29) is 24.3 Å². The fourth-order valence-electron chi connectivity index (χ4n) is 4.37. The molecular formula is C25H28N4O3S. The number of hydrogen-bond donors (Lipinski definition) is 1. The van der Waals surface area contributed by atoms with Crippen LogP contribution in [0.3, 0.4) is 0 Å². The SMILES string of the molecule is Cc1cc(C)c(N(CC(=O)Nc2ccc(-c3ncon3)cc2)C(=O)C2CCSCC2)c(C)c1. The van der Waals surface area contributed by atoms with Gasteiger partial charge in [0.2, 0.25) is 24.0 Å². The minimum Gasteiger partial charge on any atom is -0.342 e. The van der Waals surface area contributed by atoms with Crippen LogP contribution in [0.15, 0.2) is 47.3 Å². The van der Waals surface area contributed by atoms with Crippen LogP contribution in [-0.4, -0.2) is 40.0 Å². The summed E-state index contributed by atoms with van der Waals surface area (Å²) in [6, 6.07) is 11.3. The summed E-state index contributed by atoms with van der Waals surface area (Å²) in [5, 5.41) is 6.74. The number of nitrogens with one attached hydrogen (secondary N) is 1. The Kier molecular flexibility index (Phi) is 7.13. The van der Waals surface area contributed by atoms with Crippen LogP contribution in [0.5, 0.6) is 0 Å². The van der Waals surface area contributed by atoms with E-state index < -0.39 is 0 Å². The van der Waals surface area contributed by atoms with Crippen molar-refractivity contribution >= 4 is 35.0 Å². The van der Waals surface area contributed by atoms with E-state index in [0.29, 0.717) is 11.5 Å². The van der Waals surface area contributed by atoms with Crippen molar-refractivity contribution in [3.8, 4) is 11.4 Å². The molecule has 4 rings (SSSR count). The number of nitrogens with zero attached hydrogens (tertiary/aromatic N) is 3. The van der Waals surface area contributed by atoms with E-state index in [4.69, 9.17) is 4.52 Å². The number of amides is 2. The lowest BCUT2D eigenvalue weighted by molar-refractivity contribution is -0.124. The molecule has 1 aliphatic rings. The van der Waals surface area contributed by atoms with Crippen molar-refractivity contribution in [2.24, 2.45) is 5.92 Å². The molecule has 3 aromatic rings. The molecule has 0 spiro atoms. The van der Waals surface area contributed by atoms with Crippen LogP contribution in [0.1, 0.15) is 29.5 Å². The van der Waals surface area contributed by atoms with Crippen molar-refractivity contribution in [1.82, 2.24) is 10.1 Å². The molecule has 172 valence electrons. The van der Waals surface area contributed by atoms with Crippen LogP contribution < -0.4 is 10.2 Å². The molecular weight excluding hydrogens is 436 g/mol. The number of benzene rings is 2. The average molecular weight is 465 g/mol. The van der Waals surface area contributed by atoms with E-state index in [9.17, 15) is 9.59 Å². The van der Waals surface area contributed by atoms with Crippen molar-refractivity contribution in [1.29, 1.82) is 0 Å². The van der Waals surface area contributed by atoms with Gasteiger partial charge in [-0.25, -0.2) is 0 Å². The molecule has 0 unspecified atom stereocenters. The fourth-order valence-corrected chi connectivity index (χ4v) is 5.48. The molecule has 1 aromatic heterocycles. The molecule has 0 radical (unpaired) electrons. The molecule has 0 aliphatic carbocycles. The summed E-state index contributed by atoms with van der Waals surface area (Å²) in [6.07, 6.45) is 2.98. The molecule has 0 bridgehead atoms. The van der Waals surface area contributed by atoms with Gasteiger partial charge in [0, 0.05) is 17.2 Å². The van der Waals surface area contributed by atoms with Gasteiger partial charge in [0.05, 0.1) is 5.69 Å². The molecule has 2 aromatic carbocycles. The monoisotopic (exact) mass is 464 g/mol. The third-order valence-electron chi connectivity index (χ3n) is 5.83. The standard InChI is InChI=1S/C25H28N4O3S/c1-16-12-17(2)23(18(3)13-16)29(25(31)20-8-10-33-11-9-20)14-22(30)27-21-6-4-19(5-7-21)24-26-15-32-28-24/h4-7,12-13,15,20H,8-11,14H2,1-3H3,(H,27,30). The van der Waals surface area contributed by atoms with Gasteiger partial charge >= 0.3 is 0 Å². The van der Waals surface area contributed by atoms with Crippen molar-refractivity contribution in [2.75, 3.05) is 28.3 Å². The minimum absolute atomic E-state index is 0.0280. The number of rotatable bonds is 6. The van der Waals surface area contributed by atoms with Gasteiger partial charge < -0.3 is 14.7 Å². The summed E-state index contributed by atoms with van der Waals surface area (Å²) in [7, 11) is 0. The Morgan fingerprint density at radius 3 is 2.36 bits per heavy atom. The van der Waals surface area contributed by atoms with Crippen LogP contribution in [-0.2, 0) is 9.59 Å². The van der Waals surface area contributed by atoms with E-state index in [1.807, 2.05) is 44.7 Å². The van der Waals surface area contributed by atoms with Crippen LogP contribution in [0, 0.1) is 26.7 Å². The Bertz CT molecular complexity index is 1100. The zero-order chi connectivity index (χ0) is 23.4. The topological polar surface area (TPSA) is 88.3 Å². The molecule has 1 N–H and O–H groups in total. The molecule has 2 heterocycles. The maximum atomic E-state index is 13.6. The second-order valence-corrected chi connectivity index (χ2v) is 9.66. The Morgan fingerprint density at radius 1 is 1.09 bits per heavy atom. The van der Waals surface area contributed by atoms with Crippen molar-refractivity contribution in [3.63, 3.8) is 0 Å². The highest BCUT2D eigenvalue weighted by molar-refractivity contribution is 7.99. The minimum atomic E-state index is -0.236. The van der Waals surface area contributed by atoms with Gasteiger partial charge in [0.25, 0.3) is 0 Å². The van der Waals surface area contributed by atoms with Crippen molar-refractivity contribution < 1.29 is 14.1 Å². The van der Waals surface area contributed by atoms with E-state index in [1.165, 1.54) is 6.39 Å². The summed E-state index contributed by atoms with van der Waals surface area (Å²) in [4.78, 5) is 32.3. The summed E-state index contributed by atoms with van der Waals surface area (Å²) < 4.78 is 4.78. The number of carbonyl (C=O) groups excluding carboxylic acids is 2. The first kappa shape index (κ1) is 23.0. The largest absolute Gasteiger partial charge is 0.342 e. The molecule has 8 heteroatoms. The first-order valence-corrected chi connectivity index (χ1v) is 12.2. The predicted molar refractivity (Wildman–Crippen MR) is 131 cm³/mol. The molecule has 1 fully saturated rings. The normalized spacial score (nSPS) is 14.2. The lowest BCUT2D eigenvalue weighted by Gasteiger charge is -2.31. The smallest absolute Gasteiger partial charge is 0.244 e. The van der Waals surface area contributed by atoms with E-state index in [1.54, 1.807) is 17.0 Å². The zero-order valence-corrected chi connectivity index (χ0v) is 19.9. The van der Waals surface area contributed by atoms with E-state index in [0.717, 1.165) is 52.3 Å². The summed E-state index contributed by atoms with van der Waals surface area (Å²) in [5.74, 6) is 2.20. The van der Waals surface area contributed by atoms with Crippen LogP contribution in [0.25, 0.3) is 11.4 Å². The van der Waals surface area contributed by atoms with Gasteiger partial charge in [-0.1, -0.05) is 22.9 Å². The number of anilines is 2. The van der Waals surface area contributed by atoms with E-state index in [2.05, 4.69) is 27.6 Å². The zero-order valence-electron chi connectivity index (χ0n) is 19.1. The van der Waals surface area contributed by atoms with Crippen LogP contribution >= 0.6 is 11.8 Å². The third kappa shape index (κ3) is 5.45. The quantitative estimate of drug-likeness (QED) is 0.565. The number of aromatic nitrogens is 2. The van der Waals surface area contributed by atoms with Gasteiger partial charge in [0.15, 0.2) is 0 Å². The lowest BCUT2D eigenvalue weighted by Crippen LogP contribution is -2.43. The molecule has 0 saturated carbocycles. The molecule has 0 atom stereocenters. The van der Waals surface area contributed by atoms with Crippen LogP contribution in [0.4, 0.5) is 11.4 Å². The Balaban J connectivity index is 1.54. The summed E-state index contributed by atoms with van der Waals surface area (Å²) in [6.45, 7) is 6.01. The highest BCUT2D eigenvalue weighted by atomic mass is 32.2. The van der Waals surface area contributed by atoms with Gasteiger partial charge in [-0.3, -0.25) is 9.59 Å². The number of carbonyl (C=O) groups is 2. The third-order valence-corrected chi connectivity index (χ3v) is 6.88. The Morgan fingerprint density at radius 2 is 1.76 bits per heavy atom. The first-order valence-electron chi connectivity index (χ1n) is 11.1. The van der Waals surface area contributed by atoms with Crippen molar-refractivity contribution in [2.45, 2.75) is 33.6 Å². The summed E-state index contributed by atoms with van der Waals surface area (Å²) in [5.41, 5.74) is 5.42. The predicted octanol–water partition coefficient (Wildman–Crippen LogP) is 4.78. The Hall–Kier alpha value is -3.13. The second-order valence-electron chi connectivity index (χ2n) is 8.44. The highest BCUT2D eigenvalue weighted by Gasteiger charge is 2.30. The number of hydrogen-bond acceptors (Lipinski definition) is 6.